The van der Waals surface area contributed by atoms with Gasteiger partial charge >= 0.3 is 11.9 Å². The fourth-order valence-electron chi connectivity index (χ4n) is 7.31. The molecule has 1 aromatic heterocycles. The molecular weight excluding hydrogens is 823 g/mol. The summed E-state index contributed by atoms with van der Waals surface area (Å²) in [6.07, 6.45) is 0.0339. The van der Waals surface area contributed by atoms with Crippen molar-refractivity contribution in [3.63, 3.8) is 0 Å². The number of esters is 2. The van der Waals surface area contributed by atoms with Gasteiger partial charge in [-0.2, -0.15) is 0 Å². The molecule has 0 bridgehead atoms. The maximum atomic E-state index is 14.3. The van der Waals surface area contributed by atoms with Crippen LogP contribution in [0, 0.1) is 5.82 Å². The molecule has 1 unspecified atom stereocenters. The lowest BCUT2D eigenvalue weighted by molar-refractivity contribution is -0.178. The minimum Gasteiger partial charge on any atom is -0.476 e. The normalized spacial score (nSPS) is 11.8. The summed E-state index contributed by atoms with van der Waals surface area (Å²) in [6.45, 7) is 6.85. The van der Waals surface area contributed by atoms with Gasteiger partial charge in [-0.3, -0.25) is 14.4 Å². The van der Waals surface area contributed by atoms with Crippen LogP contribution < -0.4 is 10.1 Å². The zero-order valence-corrected chi connectivity index (χ0v) is 36.4. The van der Waals surface area contributed by atoms with Gasteiger partial charge in [0, 0.05) is 39.6 Å². The predicted octanol–water partition coefficient (Wildman–Crippen LogP) is 11.0. The first-order valence-corrected chi connectivity index (χ1v) is 21.1. The highest BCUT2D eigenvalue weighted by Gasteiger charge is 2.33. The number of hydrogen-bond donors (Lipinski definition) is 2. The topological polar surface area (TPSA) is 133 Å². The lowest BCUT2D eigenvalue weighted by Crippen LogP contribution is -2.40. The first kappa shape index (κ1) is 46.0. The molecule has 5 aromatic carbocycles. The van der Waals surface area contributed by atoms with Gasteiger partial charge in [-0.15, -0.1) is 0 Å². The molecule has 0 aliphatic rings. The number of anilines is 1. The van der Waals surface area contributed by atoms with Crippen LogP contribution in [0.15, 0.2) is 133 Å². The van der Waals surface area contributed by atoms with Gasteiger partial charge in [0.25, 0.3) is 5.91 Å². The summed E-state index contributed by atoms with van der Waals surface area (Å²) in [7, 11) is 0. The van der Waals surface area contributed by atoms with Crippen LogP contribution in [0.2, 0.25) is 5.02 Å². The number of amides is 1. The molecule has 1 atom stereocenters. The molecular formula is C51H50ClFN2O8. The Morgan fingerprint density at radius 3 is 1.98 bits per heavy atom. The number of hydrogen-bond acceptors (Lipinski definition) is 8. The number of para-hydroxylation sites is 1. The molecule has 0 aliphatic carbocycles. The van der Waals surface area contributed by atoms with Crippen LogP contribution in [0.1, 0.15) is 91.3 Å². The molecule has 10 nitrogen and oxygen atoms in total. The summed E-state index contributed by atoms with van der Waals surface area (Å²) >= 11 is 5.93. The predicted molar refractivity (Wildman–Crippen MR) is 241 cm³/mol. The molecule has 6 rings (SSSR count). The van der Waals surface area contributed by atoms with E-state index in [1.807, 2.05) is 74.5 Å². The van der Waals surface area contributed by atoms with E-state index < -0.39 is 30.4 Å². The monoisotopic (exact) mass is 872 g/mol. The minimum absolute atomic E-state index is 0.0884. The number of aliphatic hydroxyl groups is 1. The summed E-state index contributed by atoms with van der Waals surface area (Å²) in [5.74, 6) is -2.15. The number of halogens is 2. The van der Waals surface area contributed by atoms with E-state index in [0.717, 1.165) is 28.1 Å². The fraction of sp³-hybridized carbons (Fsp3) is 0.255. The van der Waals surface area contributed by atoms with E-state index in [1.165, 1.54) is 26.0 Å². The minimum atomic E-state index is -1.46. The van der Waals surface area contributed by atoms with Gasteiger partial charge in [0.15, 0.2) is 11.4 Å². The molecule has 1 amide bonds. The number of nitrogens with one attached hydrogen (secondary N) is 1. The van der Waals surface area contributed by atoms with Crippen molar-refractivity contribution >= 4 is 40.9 Å². The Hall–Kier alpha value is -6.56. The largest absolute Gasteiger partial charge is 0.476 e. The first-order chi connectivity index (χ1) is 30.2. The number of rotatable bonds is 19. The van der Waals surface area contributed by atoms with E-state index in [1.54, 1.807) is 60.7 Å². The molecule has 0 radical (unpaired) electrons. The van der Waals surface area contributed by atoms with Gasteiger partial charge < -0.3 is 29.2 Å². The van der Waals surface area contributed by atoms with E-state index in [4.69, 9.17) is 25.8 Å². The maximum Gasteiger partial charge on any atom is 0.352 e. The van der Waals surface area contributed by atoms with Gasteiger partial charge in [0.2, 0.25) is 6.79 Å². The number of carbonyl (C=O) groups is 4. The van der Waals surface area contributed by atoms with Crippen LogP contribution in [0.3, 0.4) is 0 Å². The Labute approximate surface area is 371 Å². The van der Waals surface area contributed by atoms with Crippen molar-refractivity contribution in [1.82, 2.24) is 4.57 Å². The quantitative estimate of drug-likeness (QED) is 0.0356. The third kappa shape index (κ3) is 11.9. The Bertz CT molecular complexity index is 2500. The second-order valence-electron chi connectivity index (χ2n) is 15.9. The summed E-state index contributed by atoms with van der Waals surface area (Å²) in [6, 6.07) is 38.0. The van der Waals surface area contributed by atoms with E-state index in [2.05, 4.69) is 9.88 Å². The Balaban J connectivity index is 1.06. The molecule has 0 fully saturated rings. The van der Waals surface area contributed by atoms with Gasteiger partial charge in [0.05, 0.1) is 23.8 Å². The number of benzene rings is 5. The summed E-state index contributed by atoms with van der Waals surface area (Å²) in [5.41, 5.74) is 4.51. The Kier molecular flexibility index (Phi) is 15.3. The molecule has 2 N–H and O–H groups in total. The molecule has 63 heavy (non-hydrogen) atoms. The zero-order valence-electron chi connectivity index (χ0n) is 35.6. The van der Waals surface area contributed by atoms with Crippen molar-refractivity contribution in [3.05, 3.63) is 167 Å². The number of ketones is 1. The SMILES string of the molecule is CC(C)c1c(C(=O)Nc2ccccc2)c(-c2ccccc2)c(-c2ccc(F)cc2)n1CCCCC(O)CC(=O)OCOC(=O)C(C)(C)Oc1ccc(C(=O)c2ccc(Cl)cc2)cc1. The second kappa shape index (κ2) is 21.0. The molecule has 0 aliphatic heterocycles. The Morgan fingerprint density at radius 2 is 1.37 bits per heavy atom. The number of nitrogens with zero attached hydrogens (tertiary/aromatic N) is 1. The molecule has 0 saturated carbocycles. The summed E-state index contributed by atoms with van der Waals surface area (Å²) in [4.78, 5) is 52.6. The number of aromatic nitrogens is 1. The molecule has 0 saturated heterocycles. The lowest BCUT2D eigenvalue weighted by atomic mass is 9.94. The van der Waals surface area contributed by atoms with Crippen molar-refractivity contribution < 1.29 is 42.9 Å². The highest BCUT2D eigenvalue weighted by molar-refractivity contribution is 6.30. The number of unbranched alkanes of at least 4 members (excludes halogenated alkanes) is 1. The Morgan fingerprint density at radius 1 is 0.762 bits per heavy atom. The van der Waals surface area contributed by atoms with Gasteiger partial charge in [-0.05, 0) is 135 Å². The molecule has 0 spiro atoms. The van der Waals surface area contributed by atoms with Crippen LogP contribution in [0.25, 0.3) is 22.4 Å². The van der Waals surface area contributed by atoms with E-state index in [0.29, 0.717) is 52.5 Å². The number of aliphatic hydroxyl groups excluding tert-OH is 1. The van der Waals surface area contributed by atoms with Crippen LogP contribution in [0.5, 0.6) is 5.75 Å². The summed E-state index contributed by atoms with van der Waals surface area (Å²) < 4.78 is 32.5. The maximum absolute atomic E-state index is 14.3. The van der Waals surface area contributed by atoms with Crippen molar-refractivity contribution in [3.8, 4) is 28.1 Å². The van der Waals surface area contributed by atoms with Crippen LogP contribution >= 0.6 is 11.6 Å². The third-order valence-corrected chi connectivity index (χ3v) is 10.6. The average Bonchev–Trinajstić information content (AvgIpc) is 3.62. The van der Waals surface area contributed by atoms with Crippen molar-refractivity contribution in [2.45, 2.75) is 77.5 Å². The van der Waals surface area contributed by atoms with Crippen molar-refractivity contribution in [2.75, 3.05) is 12.1 Å². The fourth-order valence-corrected chi connectivity index (χ4v) is 7.44. The van der Waals surface area contributed by atoms with Crippen LogP contribution in [-0.4, -0.2) is 51.8 Å². The number of ether oxygens (including phenoxy) is 3. The molecule has 12 heteroatoms. The van der Waals surface area contributed by atoms with E-state index >= 15 is 0 Å². The highest BCUT2D eigenvalue weighted by Crippen LogP contribution is 2.43. The van der Waals surface area contributed by atoms with Crippen molar-refractivity contribution in [2.24, 2.45) is 0 Å². The standard InChI is InChI=1S/C51H50ClFN2O8/c1-33(2)46-45(49(59)54-40-15-9-6-10-16-40)44(34-13-7-5-8-14-34)47(35-20-26-39(53)27-21-35)55(46)30-12-11-17-41(56)31-43(57)61-32-62-50(60)51(3,4)63-42-28-22-37(23-29-42)48(58)36-18-24-38(52)25-19-36/h5-10,13-16,18-29,33,41,56H,11-12,17,30-32H2,1-4H3,(H,54,59). The van der Waals surface area contributed by atoms with Crippen LogP contribution in [0.4, 0.5) is 10.1 Å². The van der Waals surface area contributed by atoms with Gasteiger partial charge in [0.1, 0.15) is 11.6 Å². The smallest absolute Gasteiger partial charge is 0.352 e. The lowest BCUT2D eigenvalue weighted by Gasteiger charge is -2.24. The van der Waals surface area contributed by atoms with E-state index in [9.17, 15) is 28.7 Å². The third-order valence-electron chi connectivity index (χ3n) is 10.4. The highest BCUT2D eigenvalue weighted by atomic mass is 35.5. The first-order valence-electron chi connectivity index (χ1n) is 20.8. The van der Waals surface area contributed by atoms with E-state index in [-0.39, 0.29) is 36.3 Å². The molecule has 6 aromatic rings. The van der Waals surface area contributed by atoms with Gasteiger partial charge in [-0.1, -0.05) is 74.0 Å². The van der Waals surface area contributed by atoms with Gasteiger partial charge in [-0.25, -0.2) is 9.18 Å². The zero-order chi connectivity index (χ0) is 45.1. The number of carbonyl (C=O) groups excluding carboxylic acids is 4. The second-order valence-corrected chi connectivity index (χ2v) is 16.3. The molecule has 326 valence electrons. The van der Waals surface area contributed by atoms with Crippen LogP contribution in [-0.2, 0) is 25.6 Å². The summed E-state index contributed by atoms with van der Waals surface area (Å²) in [5, 5.41) is 14.4. The molecule has 1 heterocycles. The van der Waals surface area contributed by atoms with Crippen molar-refractivity contribution in [1.29, 1.82) is 0 Å². The average molecular weight is 873 g/mol.